The van der Waals surface area contributed by atoms with Crippen molar-refractivity contribution in [3.8, 4) is 0 Å². The molecule has 1 aromatic carbocycles. The van der Waals surface area contributed by atoms with E-state index in [1.54, 1.807) is 25.2 Å². The number of nitrogens with zero attached hydrogens (tertiary/aromatic N) is 2. The Morgan fingerprint density at radius 3 is 2.58 bits per heavy atom. The molecule has 0 radical (unpaired) electrons. The van der Waals surface area contributed by atoms with Crippen molar-refractivity contribution in [2.24, 2.45) is 7.05 Å². The SMILES string of the molecule is Cc1nn(C)c(Cl)c1C(O)Cc1cc(Cl)ccc1Cl. The summed E-state index contributed by atoms with van der Waals surface area (Å²) in [5.41, 5.74) is 2.11. The monoisotopic (exact) mass is 318 g/mol. The molecule has 3 nitrogen and oxygen atoms in total. The minimum atomic E-state index is -0.767. The molecular formula is C13H13Cl3N2O. The first kappa shape index (κ1) is 14.7. The first-order valence-corrected chi connectivity index (χ1v) is 6.84. The number of aryl methyl sites for hydroxylation is 2. The van der Waals surface area contributed by atoms with Crippen LogP contribution in [0.1, 0.15) is 22.9 Å². The van der Waals surface area contributed by atoms with Crippen molar-refractivity contribution in [1.82, 2.24) is 9.78 Å². The lowest BCUT2D eigenvalue weighted by Gasteiger charge is -2.12. The lowest BCUT2D eigenvalue weighted by atomic mass is 10.0. The summed E-state index contributed by atoms with van der Waals surface area (Å²) in [7, 11) is 1.73. The van der Waals surface area contributed by atoms with Crippen molar-refractivity contribution >= 4 is 34.8 Å². The first-order chi connectivity index (χ1) is 8.90. The summed E-state index contributed by atoms with van der Waals surface area (Å²) in [5, 5.41) is 16.1. The number of halogens is 3. The zero-order valence-corrected chi connectivity index (χ0v) is 12.8. The maximum Gasteiger partial charge on any atom is 0.132 e. The van der Waals surface area contributed by atoms with Gasteiger partial charge in [-0.05, 0) is 30.7 Å². The molecule has 0 saturated carbocycles. The standard InChI is InChI=1S/C13H13Cl3N2O/c1-7-12(13(16)18(2)17-7)11(19)6-8-5-9(14)3-4-10(8)15/h3-5,11,19H,6H2,1-2H3. The van der Waals surface area contributed by atoms with E-state index in [2.05, 4.69) is 5.10 Å². The van der Waals surface area contributed by atoms with Gasteiger partial charge < -0.3 is 5.11 Å². The summed E-state index contributed by atoms with van der Waals surface area (Å²) < 4.78 is 1.54. The number of benzene rings is 1. The van der Waals surface area contributed by atoms with Gasteiger partial charge in [0.2, 0.25) is 0 Å². The molecule has 0 saturated heterocycles. The Balaban J connectivity index is 2.30. The molecule has 19 heavy (non-hydrogen) atoms. The maximum atomic E-state index is 10.3. The predicted octanol–water partition coefficient (Wildman–Crippen LogP) is 3.96. The van der Waals surface area contributed by atoms with Crippen LogP contribution in [0.25, 0.3) is 0 Å². The van der Waals surface area contributed by atoms with Crippen LogP contribution >= 0.6 is 34.8 Å². The smallest absolute Gasteiger partial charge is 0.132 e. The fourth-order valence-electron chi connectivity index (χ4n) is 2.04. The third-order valence-corrected chi connectivity index (χ3v) is 4.00. The molecule has 6 heteroatoms. The predicted molar refractivity (Wildman–Crippen MR) is 78.1 cm³/mol. The normalized spacial score (nSPS) is 12.7. The van der Waals surface area contributed by atoms with E-state index < -0.39 is 6.10 Å². The Hall–Kier alpha value is -0.740. The van der Waals surface area contributed by atoms with E-state index in [4.69, 9.17) is 34.8 Å². The van der Waals surface area contributed by atoms with Crippen molar-refractivity contribution in [2.45, 2.75) is 19.4 Å². The highest BCUT2D eigenvalue weighted by Crippen LogP contribution is 2.31. The van der Waals surface area contributed by atoms with E-state index in [0.717, 1.165) is 5.56 Å². The van der Waals surface area contributed by atoms with Gasteiger partial charge in [-0.15, -0.1) is 0 Å². The second-order valence-corrected chi connectivity index (χ2v) is 5.57. The number of hydrogen-bond acceptors (Lipinski definition) is 2. The quantitative estimate of drug-likeness (QED) is 0.929. The van der Waals surface area contributed by atoms with E-state index in [-0.39, 0.29) is 0 Å². The lowest BCUT2D eigenvalue weighted by molar-refractivity contribution is 0.178. The molecule has 2 aromatic rings. The Kier molecular flexibility index (Phi) is 4.41. The Morgan fingerprint density at radius 2 is 2.00 bits per heavy atom. The summed E-state index contributed by atoms with van der Waals surface area (Å²) in [6.07, 6.45) is -0.428. The van der Waals surface area contributed by atoms with Crippen LogP contribution in [0.2, 0.25) is 15.2 Å². The molecule has 0 aliphatic rings. The molecule has 0 aliphatic heterocycles. The van der Waals surface area contributed by atoms with Gasteiger partial charge in [-0.1, -0.05) is 34.8 Å². The van der Waals surface area contributed by atoms with Gasteiger partial charge in [0.1, 0.15) is 5.15 Å². The minimum Gasteiger partial charge on any atom is -0.388 e. The number of hydrogen-bond donors (Lipinski definition) is 1. The van der Waals surface area contributed by atoms with Gasteiger partial charge in [0.05, 0.1) is 11.8 Å². The molecule has 0 aliphatic carbocycles. The average molecular weight is 320 g/mol. The van der Waals surface area contributed by atoms with E-state index in [1.807, 2.05) is 6.92 Å². The summed E-state index contributed by atoms with van der Waals surface area (Å²) in [6, 6.07) is 5.17. The van der Waals surface area contributed by atoms with E-state index in [0.29, 0.717) is 32.9 Å². The van der Waals surface area contributed by atoms with Gasteiger partial charge >= 0.3 is 0 Å². The van der Waals surface area contributed by atoms with Crippen LogP contribution in [-0.4, -0.2) is 14.9 Å². The summed E-state index contributed by atoms with van der Waals surface area (Å²) in [5.74, 6) is 0. The molecule has 0 fully saturated rings. The zero-order chi connectivity index (χ0) is 14.2. The fraction of sp³-hybridized carbons (Fsp3) is 0.308. The molecule has 1 aromatic heterocycles. The Morgan fingerprint density at radius 1 is 1.32 bits per heavy atom. The number of aliphatic hydroxyl groups is 1. The number of aliphatic hydroxyl groups excluding tert-OH is 1. The van der Waals surface area contributed by atoms with Crippen LogP contribution in [0.15, 0.2) is 18.2 Å². The third kappa shape index (κ3) is 3.06. The van der Waals surface area contributed by atoms with Gasteiger partial charge in [0.25, 0.3) is 0 Å². The van der Waals surface area contributed by atoms with Crippen molar-refractivity contribution in [3.05, 3.63) is 50.2 Å². The second kappa shape index (κ2) is 5.71. The van der Waals surface area contributed by atoms with E-state index >= 15 is 0 Å². The van der Waals surface area contributed by atoms with Crippen LogP contribution in [0.3, 0.4) is 0 Å². The molecule has 1 unspecified atom stereocenters. The largest absolute Gasteiger partial charge is 0.388 e. The minimum absolute atomic E-state index is 0.339. The van der Waals surface area contributed by atoms with Gasteiger partial charge in [-0.3, -0.25) is 4.68 Å². The van der Waals surface area contributed by atoms with E-state index in [1.165, 1.54) is 4.68 Å². The van der Waals surface area contributed by atoms with E-state index in [9.17, 15) is 5.11 Å². The number of rotatable bonds is 3. The zero-order valence-electron chi connectivity index (χ0n) is 10.5. The summed E-state index contributed by atoms with van der Waals surface area (Å²) >= 11 is 18.1. The molecule has 1 N–H and O–H groups in total. The van der Waals surface area contributed by atoms with Gasteiger partial charge in [0, 0.05) is 29.1 Å². The highest BCUT2D eigenvalue weighted by atomic mass is 35.5. The molecule has 2 rings (SSSR count). The molecule has 1 atom stereocenters. The molecule has 0 spiro atoms. The summed E-state index contributed by atoms with van der Waals surface area (Å²) in [4.78, 5) is 0. The fourth-order valence-corrected chi connectivity index (χ4v) is 2.72. The van der Waals surface area contributed by atoms with Crippen molar-refractivity contribution < 1.29 is 5.11 Å². The van der Waals surface area contributed by atoms with Crippen LogP contribution < -0.4 is 0 Å². The first-order valence-electron chi connectivity index (χ1n) is 5.71. The van der Waals surface area contributed by atoms with Crippen LogP contribution in [0.5, 0.6) is 0 Å². The molecule has 0 bridgehead atoms. The Bertz CT molecular complexity index is 610. The summed E-state index contributed by atoms with van der Waals surface area (Å²) in [6.45, 7) is 1.81. The highest BCUT2D eigenvalue weighted by Gasteiger charge is 2.20. The third-order valence-electron chi connectivity index (χ3n) is 2.95. The molecule has 1 heterocycles. The topological polar surface area (TPSA) is 38.0 Å². The average Bonchev–Trinajstić information content (AvgIpc) is 2.58. The Labute approximate surface area is 126 Å². The second-order valence-electron chi connectivity index (χ2n) is 4.37. The molecule has 0 amide bonds. The molecule has 102 valence electrons. The van der Waals surface area contributed by atoms with Crippen LogP contribution in [0.4, 0.5) is 0 Å². The van der Waals surface area contributed by atoms with Crippen molar-refractivity contribution in [3.63, 3.8) is 0 Å². The highest BCUT2D eigenvalue weighted by molar-refractivity contribution is 6.33. The van der Waals surface area contributed by atoms with Crippen molar-refractivity contribution in [2.75, 3.05) is 0 Å². The van der Waals surface area contributed by atoms with Crippen molar-refractivity contribution in [1.29, 1.82) is 0 Å². The van der Waals surface area contributed by atoms with Gasteiger partial charge in [-0.25, -0.2) is 0 Å². The van der Waals surface area contributed by atoms with Crippen LogP contribution in [0, 0.1) is 6.92 Å². The van der Waals surface area contributed by atoms with Gasteiger partial charge in [-0.2, -0.15) is 5.10 Å². The van der Waals surface area contributed by atoms with Gasteiger partial charge in [0.15, 0.2) is 0 Å². The maximum absolute atomic E-state index is 10.3. The molecular weight excluding hydrogens is 307 g/mol. The number of aromatic nitrogens is 2. The van der Waals surface area contributed by atoms with Crippen LogP contribution in [-0.2, 0) is 13.5 Å². The lowest BCUT2D eigenvalue weighted by Crippen LogP contribution is -2.04.